The fourth-order valence-electron chi connectivity index (χ4n) is 2.98. The number of halogens is 2. The van der Waals surface area contributed by atoms with Crippen LogP contribution in [0.1, 0.15) is 20.1 Å². The normalized spacial score (nSPS) is 30.0. The predicted molar refractivity (Wildman–Crippen MR) is 108 cm³/mol. The highest BCUT2D eigenvalue weighted by molar-refractivity contribution is 7.91. The lowest BCUT2D eigenvalue weighted by Crippen LogP contribution is -2.51. The molecule has 15 nitrogen and oxygen atoms in total. The number of aliphatic hydroxyl groups is 1. The lowest BCUT2D eigenvalue weighted by Gasteiger charge is -2.34. The van der Waals surface area contributed by atoms with E-state index < -0.39 is 70.5 Å². The van der Waals surface area contributed by atoms with Gasteiger partial charge in [0.05, 0.1) is 0 Å². The van der Waals surface area contributed by atoms with Crippen LogP contribution < -0.4 is 11.2 Å². The molecule has 0 amide bonds. The van der Waals surface area contributed by atoms with Crippen LogP contribution in [0.5, 0.6) is 0 Å². The molecule has 0 aromatic carbocycles. The minimum Gasteiger partial charge on any atom is -0.387 e. The van der Waals surface area contributed by atoms with E-state index in [1.165, 1.54) is 0 Å². The lowest BCUT2D eigenvalue weighted by atomic mass is 9.89. The first kappa shape index (κ1) is 28.6. The third-order valence-electron chi connectivity index (χ3n) is 4.23. The summed E-state index contributed by atoms with van der Waals surface area (Å²) in [7, 11) is -13.7. The third kappa shape index (κ3) is 6.74. The Kier molecular flexibility index (Phi) is 8.18. The number of aromatic nitrogens is 2. The van der Waals surface area contributed by atoms with Gasteiger partial charge < -0.3 is 29.4 Å². The van der Waals surface area contributed by atoms with Gasteiger partial charge in [0.25, 0.3) is 12.8 Å². The van der Waals surface area contributed by atoms with Crippen molar-refractivity contribution in [2.45, 2.75) is 43.6 Å². The summed E-state index contributed by atoms with van der Waals surface area (Å²) in [6.45, 7) is -0.0628. The Morgan fingerprint density at radius 2 is 1.82 bits per heavy atom. The molecule has 2 heterocycles. The highest BCUT2D eigenvalue weighted by Crippen LogP contribution is 2.68. The molecule has 1 aliphatic rings. The van der Waals surface area contributed by atoms with Crippen molar-refractivity contribution in [3.63, 3.8) is 0 Å². The molecule has 190 valence electrons. The molecule has 1 saturated heterocycles. The fourth-order valence-corrected chi connectivity index (χ4v) is 7.32. The molecule has 0 spiro atoms. The highest BCUT2D eigenvalue weighted by Gasteiger charge is 2.63. The van der Waals surface area contributed by atoms with Crippen molar-refractivity contribution in [3.8, 4) is 0 Å². The molecule has 2 rings (SSSR count). The van der Waals surface area contributed by atoms with Gasteiger partial charge in [-0.1, -0.05) is 0 Å². The molecule has 6 N–H and O–H groups in total. The van der Waals surface area contributed by atoms with Gasteiger partial charge in [0.1, 0.15) is 24.5 Å². The van der Waals surface area contributed by atoms with Crippen LogP contribution >= 0.6 is 31.4 Å². The molecule has 0 radical (unpaired) electrons. The SMILES string of the molecule is CC(C)(OP(=O)(O)OP(=O)(O)OP(O)(O)=P)[C@H]1O[C@@H](n2ccc(=O)[nH]c2=O)C(F)(CF)[C@H]1O. The van der Waals surface area contributed by atoms with Gasteiger partial charge in [-0.25, -0.2) is 27.0 Å². The van der Waals surface area contributed by atoms with E-state index in [4.69, 9.17) is 19.0 Å². The van der Waals surface area contributed by atoms with Crippen LogP contribution in [0.2, 0.25) is 0 Å². The monoisotopic (exact) mass is 562 g/mol. The average molecular weight is 562 g/mol. The number of rotatable bonds is 9. The van der Waals surface area contributed by atoms with Crippen molar-refractivity contribution >= 4 is 31.4 Å². The first-order chi connectivity index (χ1) is 14.7. The van der Waals surface area contributed by atoms with E-state index in [0.717, 1.165) is 26.1 Å². The smallest absolute Gasteiger partial charge is 0.387 e. The van der Waals surface area contributed by atoms with Crippen LogP contribution in [0.25, 0.3) is 0 Å². The van der Waals surface area contributed by atoms with Gasteiger partial charge in [-0.2, -0.15) is 4.31 Å². The van der Waals surface area contributed by atoms with E-state index >= 15 is 4.39 Å². The number of nitrogens with zero attached hydrogens (tertiary/aromatic N) is 1. The van der Waals surface area contributed by atoms with Crippen molar-refractivity contribution in [1.82, 2.24) is 9.55 Å². The molecule has 6 atom stereocenters. The standard InChI is InChI=1S/C12H20F2N2O13P4/c1-11(2,27-31(20,21)28-32(22,23)29-33(24,25)30)8-7(18)12(14,5-13)9(26-8)16-4-3-6(17)15-10(16)19/h3-4,7-9,18,24-25,30H,5H2,1-2H3,(H,20,21)(H,22,23)(H,15,17,19)/t7-,8-,9+,12?/m0/s1. The molecule has 1 aliphatic heterocycles. The van der Waals surface area contributed by atoms with Gasteiger partial charge >= 0.3 is 21.3 Å². The third-order valence-corrected chi connectivity index (χ3v) is 9.06. The zero-order chi connectivity index (χ0) is 25.6. The first-order valence-corrected chi connectivity index (χ1v) is 14.5. The molecular weight excluding hydrogens is 542 g/mol. The molecular formula is C12H20F2N2O13P4. The number of aromatic amines is 1. The first-order valence-electron chi connectivity index (χ1n) is 8.51. The van der Waals surface area contributed by atoms with E-state index in [1.54, 1.807) is 4.98 Å². The molecule has 3 unspecified atom stereocenters. The second-order valence-electron chi connectivity index (χ2n) is 7.27. The van der Waals surface area contributed by atoms with Crippen molar-refractivity contribution in [2.24, 2.45) is 0 Å². The van der Waals surface area contributed by atoms with Gasteiger partial charge in [-0.05, 0) is 22.4 Å². The Morgan fingerprint density at radius 1 is 1.24 bits per heavy atom. The van der Waals surface area contributed by atoms with Gasteiger partial charge in [-0.15, -0.1) is 0 Å². The Labute approximate surface area is 185 Å². The highest BCUT2D eigenvalue weighted by atomic mass is 31.8. The van der Waals surface area contributed by atoms with Crippen LogP contribution in [0.15, 0.2) is 21.9 Å². The van der Waals surface area contributed by atoms with Crippen LogP contribution in [-0.4, -0.2) is 64.4 Å². The zero-order valence-electron chi connectivity index (χ0n) is 16.6. The number of hydrogen-bond donors (Lipinski definition) is 6. The quantitative estimate of drug-likeness (QED) is 0.223. The Balaban J connectivity index is 2.35. The predicted octanol–water partition coefficient (Wildman–Crippen LogP) is 0.307. The summed E-state index contributed by atoms with van der Waals surface area (Å²) in [5.74, 6) is 0. The van der Waals surface area contributed by atoms with Crippen molar-refractivity contribution in [3.05, 3.63) is 33.1 Å². The van der Waals surface area contributed by atoms with Crippen LogP contribution in [-0.2, 0) is 27.0 Å². The number of aliphatic hydroxyl groups excluding tert-OH is 1. The van der Waals surface area contributed by atoms with Gasteiger partial charge in [0.2, 0.25) is 5.67 Å². The van der Waals surface area contributed by atoms with E-state index in [1.807, 2.05) is 0 Å². The minimum absolute atomic E-state index is 0.423. The molecule has 0 bridgehead atoms. The number of hydrogen-bond acceptors (Lipinski definition) is 9. The maximum Gasteiger partial charge on any atom is 0.488 e. The molecule has 21 heteroatoms. The van der Waals surface area contributed by atoms with Crippen molar-refractivity contribution in [2.75, 3.05) is 6.67 Å². The molecule has 1 aromatic rings. The van der Waals surface area contributed by atoms with Gasteiger partial charge in [0, 0.05) is 12.3 Å². The summed E-state index contributed by atoms with van der Waals surface area (Å²) in [6.07, 6.45) is -5.85. The van der Waals surface area contributed by atoms with E-state index in [0.29, 0.717) is 4.57 Å². The summed E-state index contributed by atoms with van der Waals surface area (Å²) in [5.41, 5.74) is -7.68. The summed E-state index contributed by atoms with van der Waals surface area (Å²) < 4.78 is 71.0. The minimum atomic E-state index is -5.65. The van der Waals surface area contributed by atoms with Crippen molar-refractivity contribution in [1.29, 1.82) is 0 Å². The number of ether oxygens (including phenoxy) is 1. The number of alkyl halides is 2. The Morgan fingerprint density at radius 3 is 2.30 bits per heavy atom. The fraction of sp³-hybridized carbons (Fsp3) is 0.667. The van der Waals surface area contributed by atoms with Gasteiger partial charge in [0.15, 0.2) is 6.23 Å². The van der Waals surface area contributed by atoms with E-state index in [-0.39, 0.29) is 0 Å². The maximum absolute atomic E-state index is 15.4. The molecule has 1 fully saturated rings. The lowest BCUT2D eigenvalue weighted by molar-refractivity contribution is -0.120. The molecule has 0 saturated carbocycles. The summed E-state index contributed by atoms with van der Waals surface area (Å²) in [6, 6.07) is 0.786. The number of H-pyrrole nitrogens is 1. The van der Waals surface area contributed by atoms with E-state index in [9.17, 15) is 38.0 Å². The zero-order valence-corrected chi connectivity index (χ0v) is 20.3. The van der Waals surface area contributed by atoms with Gasteiger partial charge in [-0.3, -0.25) is 18.9 Å². The van der Waals surface area contributed by atoms with Crippen LogP contribution in [0.3, 0.4) is 0 Å². The van der Waals surface area contributed by atoms with E-state index in [2.05, 4.69) is 17.1 Å². The summed E-state index contributed by atoms with van der Waals surface area (Å²) >= 11 is 0. The second kappa shape index (κ2) is 9.44. The van der Waals surface area contributed by atoms with Crippen LogP contribution in [0.4, 0.5) is 8.78 Å². The van der Waals surface area contributed by atoms with Crippen LogP contribution in [0, 0.1) is 0 Å². The largest absolute Gasteiger partial charge is 0.488 e. The molecule has 33 heavy (non-hydrogen) atoms. The summed E-state index contributed by atoms with van der Waals surface area (Å²) in [4.78, 5) is 62.2. The average Bonchev–Trinajstić information content (AvgIpc) is 2.83. The number of nitrogens with one attached hydrogen (secondary N) is 1. The number of phosphoric ester groups is 1. The Hall–Kier alpha value is -0.630. The maximum atomic E-state index is 15.4. The molecule has 0 aliphatic carbocycles. The number of phosphoric acid groups is 2. The molecule has 1 aromatic heterocycles. The Bertz CT molecular complexity index is 1150. The second-order valence-corrected chi connectivity index (χ2v) is 13.5. The summed E-state index contributed by atoms with van der Waals surface area (Å²) in [5, 5.41) is 10.4. The van der Waals surface area contributed by atoms with Crippen molar-refractivity contribution < 1.29 is 60.5 Å². The topological polar surface area (TPSA) is 227 Å².